The zero-order valence-electron chi connectivity index (χ0n) is 10.7. The molecule has 0 aliphatic rings. The molecule has 0 radical (unpaired) electrons. The molecule has 0 spiro atoms. The number of aliphatic hydroxyl groups is 1. The number of aliphatic hydroxyl groups excluding tert-OH is 1. The number of aliphatic carboxylic acids is 1. The van der Waals surface area contributed by atoms with Crippen LogP contribution < -0.4 is 5.32 Å². The molecule has 0 fully saturated rings. The van der Waals surface area contributed by atoms with Gasteiger partial charge >= 0.3 is 5.97 Å². The zero-order chi connectivity index (χ0) is 13.4. The maximum atomic E-state index is 11.2. The summed E-state index contributed by atoms with van der Waals surface area (Å²) in [6.45, 7) is 2.94. The fraction of sp³-hybridized carbons (Fsp3) is 0.500. The monoisotopic (exact) mass is 251 g/mol. The highest BCUT2D eigenvalue weighted by Gasteiger charge is 2.18. The van der Waals surface area contributed by atoms with Crippen molar-refractivity contribution in [2.24, 2.45) is 0 Å². The minimum Gasteiger partial charge on any atom is -0.481 e. The predicted octanol–water partition coefficient (Wildman–Crippen LogP) is 1.61. The average Bonchev–Trinajstić information content (AvgIpc) is 2.38. The van der Waals surface area contributed by atoms with E-state index in [1.165, 1.54) is 0 Å². The van der Waals surface area contributed by atoms with Crippen LogP contribution in [0.15, 0.2) is 30.3 Å². The Hall–Kier alpha value is -1.39. The number of rotatable bonds is 8. The lowest BCUT2D eigenvalue weighted by atomic mass is 9.99. The molecule has 4 heteroatoms. The minimum atomic E-state index is -0.829. The summed E-state index contributed by atoms with van der Waals surface area (Å²) in [5.41, 5.74) is 0.800. The van der Waals surface area contributed by atoms with Gasteiger partial charge in [-0.1, -0.05) is 37.3 Å². The topological polar surface area (TPSA) is 69.6 Å². The molecule has 0 saturated carbocycles. The van der Waals surface area contributed by atoms with E-state index in [9.17, 15) is 15.0 Å². The first-order chi connectivity index (χ1) is 8.65. The van der Waals surface area contributed by atoms with Crippen LogP contribution >= 0.6 is 0 Å². The summed E-state index contributed by atoms with van der Waals surface area (Å²) >= 11 is 0. The third-order valence-corrected chi connectivity index (χ3v) is 2.97. The van der Waals surface area contributed by atoms with Crippen molar-refractivity contribution in [2.75, 3.05) is 13.1 Å². The van der Waals surface area contributed by atoms with Gasteiger partial charge in [-0.2, -0.15) is 0 Å². The van der Waals surface area contributed by atoms with E-state index in [2.05, 4.69) is 5.32 Å². The molecule has 3 N–H and O–H groups in total. The average molecular weight is 251 g/mol. The summed E-state index contributed by atoms with van der Waals surface area (Å²) in [4.78, 5) is 11.2. The number of hydrogen-bond donors (Lipinski definition) is 3. The van der Waals surface area contributed by atoms with Crippen molar-refractivity contribution in [3.05, 3.63) is 35.9 Å². The molecular weight excluding hydrogens is 230 g/mol. The Labute approximate surface area is 108 Å². The Kier molecular flexibility index (Phi) is 6.39. The summed E-state index contributed by atoms with van der Waals surface area (Å²) in [6.07, 6.45) is 1.07. The smallest absolute Gasteiger partial charge is 0.312 e. The van der Waals surface area contributed by atoms with E-state index in [0.29, 0.717) is 19.5 Å². The van der Waals surface area contributed by atoms with E-state index in [4.69, 9.17) is 0 Å². The molecule has 0 aromatic heterocycles. The molecular formula is C14H21NO3. The van der Waals surface area contributed by atoms with Crippen LogP contribution in [0.1, 0.15) is 31.2 Å². The van der Waals surface area contributed by atoms with Gasteiger partial charge in [0.05, 0.1) is 12.0 Å². The molecule has 1 rings (SSSR count). The number of hydrogen-bond acceptors (Lipinski definition) is 3. The lowest BCUT2D eigenvalue weighted by molar-refractivity contribution is -0.138. The van der Waals surface area contributed by atoms with Crippen LogP contribution in [0.3, 0.4) is 0 Å². The lowest BCUT2D eigenvalue weighted by Gasteiger charge is -2.14. The highest BCUT2D eigenvalue weighted by molar-refractivity contribution is 5.76. The van der Waals surface area contributed by atoms with Gasteiger partial charge in [0.2, 0.25) is 0 Å². The SMILES string of the molecule is CCC(O)CCNCC(C(=O)O)c1ccccc1. The van der Waals surface area contributed by atoms with Crippen molar-refractivity contribution in [1.82, 2.24) is 5.32 Å². The third kappa shape index (κ3) is 4.85. The summed E-state index contributed by atoms with van der Waals surface area (Å²) in [7, 11) is 0. The van der Waals surface area contributed by atoms with Crippen LogP contribution in [-0.4, -0.2) is 35.4 Å². The van der Waals surface area contributed by atoms with Crippen molar-refractivity contribution in [2.45, 2.75) is 31.8 Å². The van der Waals surface area contributed by atoms with E-state index >= 15 is 0 Å². The number of carboxylic acids is 1. The first kappa shape index (κ1) is 14.7. The second kappa shape index (κ2) is 7.84. The number of carbonyl (C=O) groups is 1. The largest absolute Gasteiger partial charge is 0.481 e. The molecule has 1 aromatic carbocycles. The van der Waals surface area contributed by atoms with Gasteiger partial charge in [-0.3, -0.25) is 4.79 Å². The molecule has 0 bridgehead atoms. The van der Waals surface area contributed by atoms with Crippen LogP contribution in [0, 0.1) is 0 Å². The summed E-state index contributed by atoms with van der Waals surface area (Å²) in [6, 6.07) is 9.19. The molecule has 2 unspecified atom stereocenters. The Morgan fingerprint density at radius 2 is 2.00 bits per heavy atom. The van der Waals surface area contributed by atoms with Gasteiger partial charge in [0, 0.05) is 6.54 Å². The molecule has 0 heterocycles. The van der Waals surface area contributed by atoms with Gasteiger partial charge in [-0.05, 0) is 24.9 Å². The lowest BCUT2D eigenvalue weighted by Crippen LogP contribution is -2.29. The first-order valence-electron chi connectivity index (χ1n) is 6.31. The Morgan fingerprint density at radius 3 is 2.56 bits per heavy atom. The minimum absolute atomic E-state index is 0.308. The fourth-order valence-corrected chi connectivity index (χ4v) is 1.75. The molecule has 0 aliphatic heterocycles. The normalized spacial score (nSPS) is 14.1. The van der Waals surface area contributed by atoms with Gasteiger partial charge < -0.3 is 15.5 Å². The van der Waals surface area contributed by atoms with Crippen LogP contribution in [-0.2, 0) is 4.79 Å². The molecule has 1 aromatic rings. The highest BCUT2D eigenvalue weighted by Crippen LogP contribution is 2.14. The molecule has 0 saturated heterocycles. The maximum Gasteiger partial charge on any atom is 0.312 e. The van der Waals surface area contributed by atoms with Gasteiger partial charge in [0.25, 0.3) is 0 Å². The highest BCUT2D eigenvalue weighted by atomic mass is 16.4. The van der Waals surface area contributed by atoms with Crippen molar-refractivity contribution in [3.8, 4) is 0 Å². The zero-order valence-corrected chi connectivity index (χ0v) is 10.7. The number of benzene rings is 1. The van der Waals surface area contributed by atoms with E-state index in [1.54, 1.807) is 0 Å². The second-order valence-corrected chi connectivity index (χ2v) is 4.36. The van der Waals surface area contributed by atoms with Gasteiger partial charge in [-0.25, -0.2) is 0 Å². The molecule has 2 atom stereocenters. The van der Waals surface area contributed by atoms with E-state index in [1.807, 2.05) is 37.3 Å². The first-order valence-corrected chi connectivity index (χ1v) is 6.31. The quantitative estimate of drug-likeness (QED) is 0.614. The van der Waals surface area contributed by atoms with Gasteiger partial charge in [-0.15, -0.1) is 0 Å². The van der Waals surface area contributed by atoms with E-state index in [-0.39, 0.29) is 6.10 Å². The van der Waals surface area contributed by atoms with Crippen molar-refractivity contribution >= 4 is 5.97 Å². The van der Waals surface area contributed by atoms with Crippen molar-refractivity contribution in [3.63, 3.8) is 0 Å². The van der Waals surface area contributed by atoms with E-state index in [0.717, 1.165) is 12.0 Å². The summed E-state index contributed by atoms with van der Waals surface area (Å²) < 4.78 is 0. The Balaban J connectivity index is 2.43. The van der Waals surface area contributed by atoms with Crippen molar-refractivity contribution < 1.29 is 15.0 Å². The Bertz CT molecular complexity index is 353. The molecule has 0 amide bonds. The van der Waals surface area contributed by atoms with Crippen LogP contribution in [0.2, 0.25) is 0 Å². The summed E-state index contributed by atoms with van der Waals surface area (Å²) in [5.74, 6) is -1.37. The van der Waals surface area contributed by atoms with Crippen LogP contribution in [0.25, 0.3) is 0 Å². The maximum absolute atomic E-state index is 11.2. The van der Waals surface area contributed by atoms with Crippen LogP contribution in [0.4, 0.5) is 0 Å². The summed E-state index contributed by atoms with van der Waals surface area (Å²) in [5, 5.41) is 21.7. The molecule has 100 valence electrons. The third-order valence-electron chi connectivity index (χ3n) is 2.97. The molecule has 18 heavy (non-hydrogen) atoms. The van der Waals surface area contributed by atoms with Crippen molar-refractivity contribution in [1.29, 1.82) is 0 Å². The molecule has 0 aliphatic carbocycles. The molecule has 4 nitrogen and oxygen atoms in total. The standard InChI is InChI=1S/C14H21NO3/c1-2-12(16)8-9-15-10-13(14(17)18)11-6-4-3-5-7-11/h3-7,12-13,15-16H,2,8-10H2,1H3,(H,17,18). The fourth-order valence-electron chi connectivity index (χ4n) is 1.75. The van der Waals surface area contributed by atoms with Gasteiger partial charge in [0.15, 0.2) is 0 Å². The Morgan fingerprint density at radius 1 is 1.33 bits per heavy atom. The van der Waals surface area contributed by atoms with E-state index < -0.39 is 11.9 Å². The second-order valence-electron chi connectivity index (χ2n) is 4.36. The van der Waals surface area contributed by atoms with Crippen LogP contribution in [0.5, 0.6) is 0 Å². The number of carboxylic acid groups (broad SMARTS) is 1. The number of nitrogens with one attached hydrogen (secondary N) is 1. The van der Waals surface area contributed by atoms with Gasteiger partial charge in [0.1, 0.15) is 0 Å². The predicted molar refractivity (Wildman–Crippen MR) is 70.6 cm³/mol.